The Kier molecular flexibility index (Phi) is 13.8. The monoisotopic (exact) mass is 408 g/mol. The van der Waals surface area contributed by atoms with Crippen molar-refractivity contribution in [1.29, 1.82) is 0 Å². The fourth-order valence-corrected chi connectivity index (χ4v) is 6.29. The van der Waals surface area contributed by atoms with Crippen molar-refractivity contribution in [2.45, 2.75) is 64.7 Å². The first-order valence-electron chi connectivity index (χ1n) is 10.4. The minimum absolute atomic E-state index is 0.128. The van der Waals surface area contributed by atoms with E-state index in [1.807, 2.05) is 20.8 Å². The minimum atomic E-state index is -2.60. The Hall–Kier alpha value is -0.0631. The lowest BCUT2D eigenvalue weighted by Gasteiger charge is -2.35. The van der Waals surface area contributed by atoms with E-state index in [1.54, 1.807) is 7.11 Å². The SMILES string of the molecule is CCO[Si](CCC1CCC(O)C(OCCOCCOC)C1)(OCC)OCC. The summed E-state index contributed by atoms with van der Waals surface area (Å²) in [4.78, 5) is 0. The van der Waals surface area contributed by atoms with Gasteiger partial charge in [0, 0.05) is 33.0 Å². The number of methoxy groups -OCH3 is 1. The van der Waals surface area contributed by atoms with Crippen LogP contribution < -0.4 is 0 Å². The molecule has 1 saturated carbocycles. The van der Waals surface area contributed by atoms with Crippen molar-refractivity contribution < 1.29 is 32.6 Å². The predicted molar refractivity (Wildman–Crippen MR) is 106 cm³/mol. The summed E-state index contributed by atoms with van der Waals surface area (Å²) >= 11 is 0. The first-order valence-corrected chi connectivity index (χ1v) is 12.3. The maximum absolute atomic E-state index is 10.3. The van der Waals surface area contributed by atoms with Crippen LogP contribution >= 0.6 is 0 Å². The molecule has 0 radical (unpaired) electrons. The van der Waals surface area contributed by atoms with E-state index in [9.17, 15) is 5.11 Å². The molecule has 0 aliphatic heterocycles. The molecule has 162 valence electrons. The number of rotatable bonds is 16. The summed E-state index contributed by atoms with van der Waals surface area (Å²) in [6.07, 6.45) is 3.08. The summed E-state index contributed by atoms with van der Waals surface area (Å²) in [6.45, 7) is 9.91. The van der Waals surface area contributed by atoms with Gasteiger partial charge in [-0.2, -0.15) is 0 Å². The predicted octanol–water partition coefficient (Wildman–Crippen LogP) is 2.63. The zero-order valence-corrected chi connectivity index (χ0v) is 18.6. The van der Waals surface area contributed by atoms with Crippen molar-refractivity contribution in [2.75, 3.05) is 53.4 Å². The zero-order chi connectivity index (χ0) is 20.0. The highest BCUT2D eigenvalue weighted by Gasteiger charge is 2.41. The van der Waals surface area contributed by atoms with Gasteiger partial charge < -0.3 is 32.6 Å². The normalized spacial score (nSPS) is 23.7. The first-order chi connectivity index (χ1) is 13.1. The maximum atomic E-state index is 10.3. The molecule has 0 aromatic heterocycles. The second kappa shape index (κ2) is 14.9. The highest BCUT2D eigenvalue weighted by atomic mass is 28.4. The summed E-state index contributed by atoms with van der Waals surface area (Å²) in [6, 6.07) is 0.816. The molecule has 1 aliphatic carbocycles. The molecule has 0 saturated heterocycles. The lowest BCUT2D eigenvalue weighted by molar-refractivity contribution is -0.0864. The molecule has 3 atom stereocenters. The van der Waals surface area contributed by atoms with Gasteiger partial charge in [-0.25, -0.2) is 0 Å². The van der Waals surface area contributed by atoms with Crippen LogP contribution in [0.15, 0.2) is 0 Å². The molecule has 27 heavy (non-hydrogen) atoms. The van der Waals surface area contributed by atoms with Gasteiger partial charge in [0.2, 0.25) is 0 Å². The summed E-state index contributed by atoms with van der Waals surface area (Å²) in [5.74, 6) is 0.487. The van der Waals surface area contributed by atoms with E-state index in [0.29, 0.717) is 52.2 Å². The van der Waals surface area contributed by atoms with Crippen molar-refractivity contribution in [3.8, 4) is 0 Å². The molecule has 7 nitrogen and oxygen atoms in total. The molecular formula is C19H40O7Si. The molecular weight excluding hydrogens is 368 g/mol. The van der Waals surface area contributed by atoms with E-state index < -0.39 is 14.9 Å². The lowest BCUT2D eigenvalue weighted by atomic mass is 9.84. The summed E-state index contributed by atoms with van der Waals surface area (Å²) in [7, 11) is -0.946. The standard InChI is InChI=1S/C19H40O7Si/c1-5-24-27(25-6-2,26-7-3)15-10-17-8-9-18(20)19(16-17)23-14-13-22-12-11-21-4/h17-20H,5-16H2,1-4H3. The van der Waals surface area contributed by atoms with Crippen molar-refractivity contribution >= 4 is 8.80 Å². The van der Waals surface area contributed by atoms with Crippen LogP contribution in [0.5, 0.6) is 0 Å². The quantitative estimate of drug-likeness (QED) is 0.311. The zero-order valence-electron chi connectivity index (χ0n) is 17.6. The lowest BCUT2D eigenvalue weighted by Crippen LogP contribution is -2.46. The molecule has 1 N–H and O–H groups in total. The average Bonchev–Trinajstić information content (AvgIpc) is 2.65. The van der Waals surface area contributed by atoms with Crippen LogP contribution in [0.1, 0.15) is 46.5 Å². The van der Waals surface area contributed by atoms with Gasteiger partial charge >= 0.3 is 8.80 Å². The molecule has 1 aliphatic rings. The highest BCUT2D eigenvalue weighted by Crippen LogP contribution is 2.32. The topological polar surface area (TPSA) is 75.6 Å². The van der Waals surface area contributed by atoms with Gasteiger partial charge in [0.25, 0.3) is 0 Å². The van der Waals surface area contributed by atoms with E-state index in [2.05, 4.69) is 0 Å². The smallest absolute Gasteiger partial charge is 0.390 e. The molecule has 0 aromatic carbocycles. The van der Waals surface area contributed by atoms with Gasteiger partial charge in [-0.3, -0.25) is 0 Å². The van der Waals surface area contributed by atoms with Crippen LogP contribution in [0, 0.1) is 5.92 Å². The molecule has 3 unspecified atom stereocenters. The van der Waals surface area contributed by atoms with Crippen molar-refractivity contribution in [3.05, 3.63) is 0 Å². The van der Waals surface area contributed by atoms with Crippen molar-refractivity contribution in [3.63, 3.8) is 0 Å². The van der Waals surface area contributed by atoms with Crippen LogP contribution in [0.3, 0.4) is 0 Å². The Balaban J connectivity index is 2.43. The molecule has 1 fully saturated rings. The van der Waals surface area contributed by atoms with Crippen LogP contribution in [0.2, 0.25) is 6.04 Å². The highest BCUT2D eigenvalue weighted by molar-refractivity contribution is 6.60. The molecule has 0 heterocycles. The number of ether oxygens (including phenoxy) is 3. The third-order valence-corrected chi connectivity index (χ3v) is 7.89. The second-order valence-electron chi connectivity index (χ2n) is 6.78. The Morgan fingerprint density at radius 3 is 2.11 bits per heavy atom. The number of hydrogen-bond acceptors (Lipinski definition) is 7. The Bertz CT molecular complexity index is 342. The summed E-state index contributed by atoms with van der Waals surface area (Å²) in [5, 5.41) is 10.3. The fourth-order valence-electron chi connectivity index (χ4n) is 3.52. The summed E-state index contributed by atoms with van der Waals surface area (Å²) < 4.78 is 34.1. The van der Waals surface area contributed by atoms with Gasteiger partial charge in [0.05, 0.1) is 38.6 Å². The Morgan fingerprint density at radius 1 is 0.889 bits per heavy atom. The maximum Gasteiger partial charge on any atom is 0.500 e. The van der Waals surface area contributed by atoms with Crippen LogP contribution in [-0.4, -0.2) is 79.5 Å². The van der Waals surface area contributed by atoms with Crippen molar-refractivity contribution in [2.24, 2.45) is 5.92 Å². The van der Waals surface area contributed by atoms with E-state index >= 15 is 0 Å². The first kappa shape index (κ1) is 25.0. The molecule has 8 heteroatoms. The Morgan fingerprint density at radius 2 is 1.52 bits per heavy atom. The molecule has 0 bridgehead atoms. The van der Waals surface area contributed by atoms with Crippen molar-refractivity contribution in [1.82, 2.24) is 0 Å². The van der Waals surface area contributed by atoms with Crippen LogP contribution in [0.4, 0.5) is 0 Å². The molecule has 0 aromatic rings. The van der Waals surface area contributed by atoms with Gasteiger partial charge in [0.15, 0.2) is 0 Å². The number of aliphatic hydroxyl groups is 1. The van der Waals surface area contributed by atoms with E-state index in [0.717, 1.165) is 31.7 Å². The van der Waals surface area contributed by atoms with Gasteiger partial charge in [-0.1, -0.05) is 0 Å². The minimum Gasteiger partial charge on any atom is -0.390 e. The third-order valence-electron chi connectivity index (χ3n) is 4.81. The van der Waals surface area contributed by atoms with Gasteiger partial charge in [0.1, 0.15) is 0 Å². The largest absolute Gasteiger partial charge is 0.500 e. The molecule has 1 rings (SSSR count). The molecule has 0 amide bonds. The van der Waals surface area contributed by atoms with Crippen LogP contribution in [-0.2, 0) is 27.5 Å². The van der Waals surface area contributed by atoms with Gasteiger partial charge in [-0.15, -0.1) is 0 Å². The number of hydrogen-bond donors (Lipinski definition) is 1. The Labute approximate surface area is 166 Å². The van der Waals surface area contributed by atoms with E-state index in [1.165, 1.54) is 0 Å². The summed E-state index contributed by atoms with van der Waals surface area (Å²) in [5.41, 5.74) is 0. The fraction of sp³-hybridized carbons (Fsp3) is 1.00. The van der Waals surface area contributed by atoms with Gasteiger partial charge in [-0.05, 0) is 52.4 Å². The average molecular weight is 409 g/mol. The van der Waals surface area contributed by atoms with Crippen LogP contribution in [0.25, 0.3) is 0 Å². The molecule has 0 spiro atoms. The number of aliphatic hydroxyl groups excluding tert-OH is 1. The van der Waals surface area contributed by atoms with E-state index in [4.69, 9.17) is 27.5 Å². The third kappa shape index (κ3) is 9.80. The van der Waals surface area contributed by atoms with E-state index in [-0.39, 0.29) is 6.10 Å². The second-order valence-corrected chi connectivity index (χ2v) is 9.51.